The smallest absolute Gasteiger partial charge is 0.325 e. The normalized spacial score (nSPS) is 37.2. The number of rotatable bonds is 11. The molecule has 0 saturated heterocycles. The van der Waals surface area contributed by atoms with Crippen molar-refractivity contribution in [3.63, 3.8) is 0 Å². The maximum Gasteiger partial charge on any atom is 0.325 e. The second-order valence-corrected chi connectivity index (χ2v) is 17.2. The highest BCUT2D eigenvalue weighted by Gasteiger charge is 2.65. The number of carboxylic acids is 1. The maximum atomic E-state index is 13.0. The summed E-state index contributed by atoms with van der Waals surface area (Å²) in [7, 11) is 0. The fourth-order valence-electron chi connectivity index (χ4n) is 12.0. The minimum atomic E-state index is -1.23. The van der Waals surface area contributed by atoms with Crippen molar-refractivity contribution in [2.24, 2.45) is 52.1 Å². The molecule has 2 unspecified atom stereocenters. The van der Waals surface area contributed by atoms with Crippen LogP contribution < -0.4 is 5.73 Å². The predicted octanol–water partition coefficient (Wildman–Crippen LogP) is 5.52. The second kappa shape index (κ2) is 14.2. The Balaban J connectivity index is 0.935. The molecule has 2 aromatic carbocycles. The molecule has 51 heavy (non-hydrogen) atoms. The summed E-state index contributed by atoms with van der Waals surface area (Å²) >= 11 is 0. The summed E-state index contributed by atoms with van der Waals surface area (Å²) in [5.74, 6) is -0.350. The van der Waals surface area contributed by atoms with Gasteiger partial charge < -0.3 is 35.6 Å². The van der Waals surface area contributed by atoms with Gasteiger partial charge >= 0.3 is 11.9 Å². The Morgan fingerprint density at radius 2 is 1.61 bits per heavy atom. The Bertz CT molecular complexity index is 1550. The number of carboxylic acid groups (broad SMARTS) is 1. The van der Waals surface area contributed by atoms with E-state index < -0.39 is 36.3 Å². The van der Waals surface area contributed by atoms with E-state index in [1.807, 2.05) is 24.3 Å². The Hall–Kier alpha value is -2.82. The van der Waals surface area contributed by atoms with Crippen molar-refractivity contribution < 1.29 is 39.5 Å². The van der Waals surface area contributed by atoms with Crippen LogP contribution in [0.1, 0.15) is 95.6 Å². The van der Waals surface area contributed by atoms with E-state index in [-0.39, 0.29) is 78.0 Å². The van der Waals surface area contributed by atoms with E-state index in [0.29, 0.717) is 19.3 Å². The first-order valence-electron chi connectivity index (χ1n) is 19.3. The number of aliphatic carboxylic acids is 1. The van der Waals surface area contributed by atoms with Gasteiger partial charge in [-0.2, -0.15) is 0 Å². The molecule has 0 heterocycles. The van der Waals surface area contributed by atoms with Gasteiger partial charge in [-0.25, -0.2) is 0 Å². The lowest BCUT2D eigenvalue weighted by molar-refractivity contribution is -0.210. The first-order valence-corrected chi connectivity index (χ1v) is 19.3. The van der Waals surface area contributed by atoms with E-state index in [2.05, 4.69) is 45.0 Å². The van der Waals surface area contributed by atoms with Crippen LogP contribution in [-0.2, 0) is 19.1 Å². The van der Waals surface area contributed by atoms with Crippen molar-refractivity contribution in [3.8, 4) is 11.1 Å². The van der Waals surface area contributed by atoms with Crippen molar-refractivity contribution in [3.05, 3.63) is 59.7 Å². The van der Waals surface area contributed by atoms with Crippen LogP contribution in [0.4, 0.5) is 0 Å². The van der Waals surface area contributed by atoms with Crippen LogP contribution in [0.5, 0.6) is 0 Å². The highest BCUT2D eigenvalue weighted by Crippen LogP contribution is 2.68. The van der Waals surface area contributed by atoms with Crippen LogP contribution in [-0.4, -0.2) is 76.0 Å². The molecule has 5 aliphatic rings. The largest absolute Gasteiger partial charge is 0.481 e. The number of fused-ring (bicyclic) bond motifs is 8. The topological polar surface area (TPSA) is 160 Å². The van der Waals surface area contributed by atoms with Gasteiger partial charge in [0.25, 0.3) is 0 Å². The zero-order chi connectivity index (χ0) is 36.2. The third-order valence-electron chi connectivity index (χ3n) is 14.9. The van der Waals surface area contributed by atoms with Crippen LogP contribution in [0.2, 0.25) is 0 Å². The van der Waals surface area contributed by atoms with Gasteiger partial charge in [-0.3, -0.25) is 9.59 Å². The van der Waals surface area contributed by atoms with Crippen LogP contribution in [0.3, 0.4) is 0 Å². The lowest BCUT2D eigenvalue weighted by Crippen LogP contribution is -2.62. The van der Waals surface area contributed by atoms with E-state index in [0.717, 1.165) is 54.4 Å². The maximum absolute atomic E-state index is 13.0. The summed E-state index contributed by atoms with van der Waals surface area (Å²) in [6, 6.07) is 15.0. The van der Waals surface area contributed by atoms with Crippen LogP contribution >= 0.6 is 0 Å². The second-order valence-electron chi connectivity index (χ2n) is 17.2. The van der Waals surface area contributed by atoms with Gasteiger partial charge in [0.2, 0.25) is 0 Å². The number of nitrogens with two attached hydrogens (primary N) is 1. The molecule has 7 rings (SSSR count). The quantitative estimate of drug-likeness (QED) is 0.190. The van der Waals surface area contributed by atoms with Gasteiger partial charge in [0.15, 0.2) is 0 Å². The third-order valence-corrected chi connectivity index (χ3v) is 14.9. The molecule has 9 heteroatoms. The lowest BCUT2D eigenvalue weighted by atomic mass is 9.43. The van der Waals surface area contributed by atoms with Crippen molar-refractivity contribution in [1.82, 2.24) is 0 Å². The van der Waals surface area contributed by atoms with Gasteiger partial charge in [0.05, 0.1) is 24.9 Å². The average molecular weight is 704 g/mol. The Labute approximate surface area is 301 Å². The number of carbonyl (C=O) groups is 2. The molecule has 4 fully saturated rings. The van der Waals surface area contributed by atoms with Crippen molar-refractivity contribution in [2.45, 2.75) is 115 Å². The SMILES string of the molecule is C[C@H](CCC(=O)O)[C@H]1CC[C@H]2[C@@H]3[C@H](O)C[C@@H]4C[C@H](OCC(O)C(N)C(=O)OCC5c6ccccc6-c6ccccc65)CC[C@]4(C)[C@H]3C[C@H](O)[C@]12C. The van der Waals surface area contributed by atoms with Gasteiger partial charge in [0.1, 0.15) is 18.8 Å². The molecule has 0 radical (unpaired) electrons. The van der Waals surface area contributed by atoms with Crippen LogP contribution in [0.25, 0.3) is 11.1 Å². The molecule has 0 aromatic heterocycles. The van der Waals surface area contributed by atoms with E-state index in [1.165, 1.54) is 0 Å². The standard InChI is InChI=1S/C42H57NO8/c1-23(12-15-37(47)48)31-13-14-32-38-33(20-36(46)42(31,32)3)41(2)17-16-25(18-24(41)19-34(38)44)50-22-35(45)39(43)40(49)51-21-30-28-10-6-4-8-26(28)27-9-5-7-11-29(27)30/h4-11,23-25,30-36,38-39,44-46H,12-22,43H2,1-3H3,(H,47,48)/t23-,24+,25-,31-,32+,33+,34-,35?,36+,38+,39?,41+,42-/m1/s1. The Kier molecular flexibility index (Phi) is 10.2. The average Bonchev–Trinajstić information content (AvgIpc) is 3.64. The molecular weight excluding hydrogens is 646 g/mol. The molecule has 0 bridgehead atoms. The van der Waals surface area contributed by atoms with E-state index in [9.17, 15) is 30.0 Å². The first kappa shape index (κ1) is 36.5. The number of hydrogen-bond donors (Lipinski definition) is 5. The summed E-state index contributed by atoms with van der Waals surface area (Å²) in [4.78, 5) is 24.3. The number of esters is 1. The number of aliphatic hydroxyl groups excluding tert-OH is 3. The molecule has 2 aromatic rings. The van der Waals surface area contributed by atoms with Crippen LogP contribution in [0, 0.1) is 46.3 Å². The number of ether oxygens (including phenoxy) is 2. The van der Waals surface area contributed by atoms with E-state index >= 15 is 0 Å². The highest BCUT2D eigenvalue weighted by molar-refractivity contribution is 5.80. The number of carbonyl (C=O) groups excluding carboxylic acids is 1. The van der Waals surface area contributed by atoms with E-state index in [4.69, 9.17) is 15.2 Å². The Morgan fingerprint density at radius 1 is 0.941 bits per heavy atom. The van der Waals surface area contributed by atoms with Crippen molar-refractivity contribution in [2.75, 3.05) is 13.2 Å². The number of hydrogen-bond acceptors (Lipinski definition) is 8. The molecule has 5 aliphatic carbocycles. The summed E-state index contributed by atoms with van der Waals surface area (Å²) < 4.78 is 11.9. The summed E-state index contributed by atoms with van der Waals surface area (Å²) in [6.45, 7) is 6.75. The number of benzene rings is 2. The lowest BCUT2D eigenvalue weighted by Gasteiger charge is -2.63. The van der Waals surface area contributed by atoms with Crippen LogP contribution in [0.15, 0.2) is 48.5 Å². The molecule has 4 saturated carbocycles. The zero-order valence-electron chi connectivity index (χ0n) is 30.3. The summed E-state index contributed by atoms with van der Waals surface area (Å²) in [6.07, 6.45) is 4.16. The first-order chi connectivity index (χ1) is 24.3. The monoisotopic (exact) mass is 703 g/mol. The fraction of sp³-hybridized carbons (Fsp3) is 0.667. The molecule has 0 amide bonds. The zero-order valence-corrected chi connectivity index (χ0v) is 30.3. The van der Waals surface area contributed by atoms with Crippen molar-refractivity contribution in [1.29, 1.82) is 0 Å². The summed E-state index contributed by atoms with van der Waals surface area (Å²) in [5, 5.41) is 43.8. The molecule has 9 nitrogen and oxygen atoms in total. The minimum Gasteiger partial charge on any atom is -0.481 e. The highest BCUT2D eigenvalue weighted by atomic mass is 16.5. The Morgan fingerprint density at radius 3 is 2.27 bits per heavy atom. The van der Waals surface area contributed by atoms with Gasteiger partial charge in [0, 0.05) is 12.3 Å². The molecular formula is C42H57NO8. The molecule has 6 N–H and O–H groups in total. The van der Waals surface area contributed by atoms with Gasteiger partial charge in [-0.1, -0.05) is 69.3 Å². The summed E-state index contributed by atoms with van der Waals surface area (Å²) in [5.41, 5.74) is 10.3. The molecule has 278 valence electrons. The molecule has 0 spiro atoms. The predicted molar refractivity (Wildman–Crippen MR) is 192 cm³/mol. The van der Waals surface area contributed by atoms with E-state index in [1.54, 1.807) is 0 Å². The minimum absolute atomic E-state index is 0.0463. The fourth-order valence-corrected chi connectivity index (χ4v) is 12.0. The molecule has 0 aliphatic heterocycles. The third kappa shape index (κ3) is 6.35. The molecule has 13 atom stereocenters. The van der Waals surface area contributed by atoms with Crippen molar-refractivity contribution >= 4 is 11.9 Å². The van der Waals surface area contributed by atoms with Gasteiger partial charge in [-0.05, 0) is 120 Å². The van der Waals surface area contributed by atoms with Gasteiger partial charge in [-0.15, -0.1) is 0 Å². The number of aliphatic hydroxyl groups is 3.